The van der Waals surface area contributed by atoms with Crippen molar-refractivity contribution in [3.63, 3.8) is 0 Å². The van der Waals surface area contributed by atoms with Gasteiger partial charge < -0.3 is 4.57 Å². The highest BCUT2D eigenvalue weighted by Gasteiger charge is 2.15. The van der Waals surface area contributed by atoms with E-state index in [-0.39, 0.29) is 11.7 Å². The van der Waals surface area contributed by atoms with Crippen LogP contribution in [0.3, 0.4) is 0 Å². The van der Waals surface area contributed by atoms with Crippen molar-refractivity contribution in [3.05, 3.63) is 23.0 Å². The van der Waals surface area contributed by atoms with Crippen LogP contribution in [-0.4, -0.2) is 27.7 Å². The van der Waals surface area contributed by atoms with Gasteiger partial charge in [0.2, 0.25) is 0 Å². The van der Waals surface area contributed by atoms with Crippen LogP contribution in [-0.2, 0) is 6.54 Å². The fourth-order valence-electron chi connectivity index (χ4n) is 1.77. The number of halogens is 1. The highest BCUT2D eigenvalue weighted by molar-refractivity contribution is 7.99. The lowest BCUT2D eigenvalue weighted by Gasteiger charge is -2.14. The zero-order valence-electron chi connectivity index (χ0n) is 10.2. The van der Waals surface area contributed by atoms with Gasteiger partial charge in [0, 0.05) is 28.7 Å². The molecule has 1 rings (SSSR count). The molecule has 4 heteroatoms. The Morgan fingerprint density at radius 3 is 2.69 bits per heavy atom. The molecule has 0 saturated carbocycles. The van der Waals surface area contributed by atoms with Crippen molar-refractivity contribution in [2.75, 3.05) is 12.1 Å². The predicted molar refractivity (Wildman–Crippen MR) is 71.9 cm³/mol. The number of carbonyl (C=O) groups excluding carboxylic acids is 1. The lowest BCUT2D eigenvalue weighted by Crippen LogP contribution is -2.12. The lowest BCUT2D eigenvalue weighted by molar-refractivity contribution is 0.102. The van der Waals surface area contributed by atoms with E-state index in [1.165, 1.54) is 0 Å². The second-order valence-corrected chi connectivity index (χ2v) is 5.54. The van der Waals surface area contributed by atoms with Crippen molar-refractivity contribution in [2.24, 2.45) is 0 Å². The van der Waals surface area contributed by atoms with Gasteiger partial charge in [0.25, 0.3) is 0 Å². The van der Waals surface area contributed by atoms with Crippen LogP contribution in [0.2, 0.25) is 0 Å². The highest BCUT2D eigenvalue weighted by atomic mass is 35.5. The topological polar surface area (TPSA) is 22.0 Å². The Kier molecular flexibility index (Phi) is 4.93. The van der Waals surface area contributed by atoms with Crippen LogP contribution in [0, 0.1) is 13.8 Å². The Morgan fingerprint density at radius 2 is 2.19 bits per heavy atom. The molecular formula is C12H18ClNOS. The number of aryl methyl sites for hydroxylation is 1. The quantitative estimate of drug-likeness (QED) is 0.598. The maximum atomic E-state index is 11.6. The zero-order valence-corrected chi connectivity index (χ0v) is 11.8. The zero-order chi connectivity index (χ0) is 12.3. The molecule has 0 aliphatic carbocycles. The average molecular weight is 260 g/mol. The Morgan fingerprint density at radius 1 is 1.56 bits per heavy atom. The van der Waals surface area contributed by atoms with Gasteiger partial charge in [0.1, 0.15) is 0 Å². The van der Waals surface area contributed by atoms with E-state index >= 15 is 0 Å². The Balaban J connectivity index is 3.02. The SMILES string of the molecule is CSC(C)Cn1c(C)cc(C(=O)CCl)c1C. The molecule has 0 aliphatic rings. The second-order valence-electron chi connectivity index (χ2n) is 4.00. The molecule has 1 atom stereocenters. The van der Waals surface area contributed by atoms with E-state index in [1.54, 1.807) is 0 Å². The van der Waals surface area contributed by atoms with Gasteiger partial charge in [-0.1, -0.05) is 6.92 Å². The number of hydrogen-bond acceptors (Lipinski definition) is 2. The standard InChI is InChI=1S/C12H18ClNOS/c1-8-5-11(12(15)6-13)10(3)14(8)7-9(2)16-4/h5,9H,6-7H2,1-4H3. The molecule has 0 fully saturated rings. The minimum atomic E-state index is 0.0119. The summed E-state index contributed by atoms with van der Waals surface area (Å²) >= 11 is 7.42. The van der Waals surface area contributed by atoms with Crippen LogP contribution in [0.5, 0.6) is 0 Å². The van der Waals surface area contributed by atoms with E-state index in [0.29, 0.717) is 5.25 Å². The summed E-state index contributed by atoms with van der Waals surface area (Å²) in [5.74, 6) is 0.0698. The van der Waals surface area contributed by atoms with E-state index in [0.717, 1.165) is 23.5 Å². The first kappa shape index (κ1) is 13.7. The molecule has 0 aromatic carbocycles. The third-order valence-corrected chi connectivity index (χ3v) is 4.03. The summed E-state index contributed by atoms with van der Waals surface area (Å²) in [5.41, 5.74) is 2.93. The van der Waals surface area contributed by atoms with Crippen molar-refractivity contribution in [1.82, 2.24) is 4.57 Å². The van der Waals surface area contributed by atoms with Gasteiger partial charge in [-0.05, 0) is 26.2 Å². The largest absolute Gasteiger partial charge is 0.347 e. The first-order chi connectivity index (χ1) is 7.51. The summed E-state index contributed by atoms with van der Waals surface area (Å²) < 4.78 is 2.20. The molecule has 90 valence electrons. The molecule has 0 saturated heterocycles. The molecule has 0 aliphatic heterocycles. The molecule has 1 heterocycles. The summed E-state index contributed by atoms with van der Waals surface area (Å²) in [7, 11) is 0. The Hall–Kier alpha value is -0.410. The molecule has 1 aromatic rings. The van der Waals surface area contributed by atoms with Gasteiger partial charge in [0.05, 0.1) is 5.88 Å². The van der Waals surface area contributed by atoms with Crippen molar-refractivity contribution < 1.29 is 4.79 Å². The number of thioether (sulfide) groups is 1. The molecular weight excluding hydrogens is 242 g/mol. The number of nitrogens with zero attached hydrogens (tertiary/aromatic N) is 1. The van der Waals surface area contributed by atoms with E-state index in [2.05, 4.69) is 17.7 Å². The smallest absolute Gasteiger partial charge is 0.179 e. The molecule has 0 N–H and O–H groups in total. The molecule has 1 unspecified atom stereocenters. The van der Waals surface area contributed by atoms with E-state index in [9.17, 15) is 4.79 Å². The van der Waals surface area contributed by atoms with Gasteiger partial charge in [-0.25, -0.2) is 0 Å². The van der Waals surface area contributed by atoms with Crippen LogP contribution < -0.4 is 0 Å². The maximum absolute atomic E-state index is 11.6. The summed E-state index contributed by atoms with van der Waals surface area (Å²) in [5, 5.41) is 0.545. The number of ketones is 1. The third-order valence-electron chi connectivity index (χ3n) is 2.84. The van der Waals surface area contributed by atoms with Crippen molar-refractivity contribution >= 4 is 29.1 Å². The Labute approximate surface area is 106 Å². The molecule has 0 bridgehead atoms. The van der Waals surface area contributed by atoms with Crippen LogP contribution >= 0.6 is 23.4 Å². The van der Waals surface area contributed by atoms with Crippen molar-refractivity contribution in [2.45, 2.75) is 32.6 Å². The number of hydrogen-bond donors (Lipinski definition) is 0. The van der Waals surface area contributed by atoms with Crippen molar-refractivity contribution in [1.29, 1.82) is 0 Å². The van der Waals surface area contributed by atoms with Gasteiger partial charge in [-0.2, -0.15) is 11.8 Å². The first-order valence-electron chi connectivity index (χ1n) is 5.30. The lowest BCUT2D eigenvalue weighted by atomic mass is 10.2. The molecule has 0 spiro atoms. The minimum absolute atomic E-state index is 0.0119. The monoisotopic (exact) mass is 259 g/mol. The molecule has 0 amide bonds. The van der Waals surface area contributed by atoms with Gasteiger partial charge in [-0.15, -0.1) is 11.6 Å². The number of aromatic nitrogens is 1. The first-order valence-corrected chi connectivity index (χ1v) is 7.12. The van der Waals surface area contributed by atoms with Crippen LogP contribution in [0.1, 0.15) is 28.7 Å². The average Bonchev–Trinajstić information content (AvgIpc) is 2.55. The van der Waals surface area contributed by atoms with E-state index in [1.807, 2.05) is 31.7 Å². The summed E-state index contributed by atoms with van der Waals surface area (Å²) in [6, 6.07) is 1.94. The van der Waals surface area contributed by atoms with Gasteiger partial charge >= 0.3 is 0 Å². The van der Waals surface area contributed by atoms with Crippen LogP contribution in [0.15, 0.2) is 6.07 Å². The van der Waals surface area contributed by atoms with Gasteiger partial charge in [0.15, 0.2) is 5.78 Å². The maximum Gasteiger partial charge on any atom is 0.179 e. The molecule has 16 heavy (non-hydrogen) atoms. The summed E-state index contributed by atoms with van der Waals surface area (Å²) in [4.78, 5) is 11.6. The van der Waals surface area contributed by atoms with Crippen molar-refractivity contribution in [3.8, 4) is 0 Å². The summed E-state index contributed by atoms with van der Waals surface area (Å²) in [6.07, 6.45) is 2.10. The molecule has 0 radical (unpaired) electrons. The number of rotatable bonds is 5. The normalized spacial score (nSPS) is 12.8. The minimum Gasteiger partial charge on any atom is -0.347 e. The number of alkyl halides is 1. The Bertz CT molecular complexity index is 387. The highest BCUT2D eigenvalue weighted by Crippen LogP contribution is 2.19. The second kappa shape index (κ2) is 5.78. The number of carbonyl (C=O) groups is 1. The van der Waals surface area contributed by atoms with Crippen LogP contribution in [0.25, 0.3) is 0 Å². The van der Waals surface area contributed by atoms with E-state index in [4.69, 9.17) is 11.6 Å². The third kappa shape index (κ3) is 2.83. The molecule has 2 nitrogen and oxygen atoms in total. The van der Waals surface area contributed by atoms with Crippen LogP contribution in [0.4, 0.5) is 0 Å². The van der Waals surface area contributed by atoms with E-state index < -0.39 is 0 Å². The molecule has 1 aromatic heterocycles. The fraction of sp³-hybridized carbons (Fsp3) is 0.583. The summed E-state index contributed by atoms with van der Waals surface area (Å²) in [6.45, 7) is 7.14. The number of Topliss-reactive ketones (excluding diaryl/α,β-unsaturated/α-hetero) is 1. The predicted octanol–water partition coefficient (Wildman–Crippen LogP) is 3.28. The fourth-order valence-corrected chi connectivity index (χ4v) is 2.21. The van der Waals surface area contributed by atoms with Gasteiger partial charge in [-0.3, -0.25) is 4.79 Å².